The molecular formula is C15H24N2O. The third kappa shape index (κ3) is 2.68. The van der Waals surface area contributed by atoms with Crippen molar-refractivity contribution < 1.29 is 4.74 Å². The SMILES string of the molecule is COC1CCCCC1(CN)Nc1ccc(C)cc1. The first-order valence-corrected chi connectivity index (χ1v) is 6.78. The summed E-state index contributed by atoms with van der Waals surface area (Å²) in [5.74, 6) is 0. The van der Waals surface area contributed by atoms with Crippen LogP contribution >= 0.6 is 0 Å². The highest BCUT2D eigenvalue weighted by Crippen LogP contribution is 2.33. The number of hydrogen-bond donors (Lipinski definition) is 2. The molecular weight excluding hydrogens is 224 g/mol. The molecule has 0 spiro atoms. The Morgan fingerprint density at radius 3 is 2.67 bits per heavy atom. The number of anilines is 1. The molecule has 0 saturated heterocycles. The number of benzene rings is 1. The van der Waals surface area contributed by atoms with Gasteiger partial charge >= 0.3 is 0 Å². The molecule has 0 radical (unpaired) electrons. The van der Waals surface area contributed by atoms with E-state index < -0.39 is 0 Å². The number of nitrogens with two attached hydrogens (primary N) is 1. The van der Waals surface area contributed by atoms with Gasteiger partial charge in [-0.2, -0.15) is 0 Å². The Bertz CT molecular complexity index is 377. The maximum absolute atomic E-state index is 6.04. The largest absolute Gasteiger partial charge is 0.379 e. The van der Waals surface area contributed by atoms with Gasteiger partial charge in [0.15, 0.2) is 0 Å². The summed E-state index contributed by atoms with van der Waals surface area (Å²) in [4.78, 5) is 0. The summed E-state index contributed by atoms with van der Waals surface area (Å²) in [7, 11) is 1.79. The third-order valence-corrected chi connectivity index (χ3v) is 4.05. The molecule has 0 bridgehead atoms. The minimum absolute atomic E-state index is 0.109. The number of aryl methyl sites for hydroxylation is 1. The molecule has 0 heterocycles. The zero-order valence-corrected chi connectivity index (χ0v) is 11.4. The fraction of sp³-hybridized carbons (Fsp3) is 0.600. The number of methoxy groups -OCH3 is 1. The second kappa shape index (κ2) is 5.72. The van der Waals surface area contributed by atoms with Gasteiger partial charge < -0.3 is 15.8 Å². The van der Waals surface area contributed by atoms with E-state index in [9.17, 15) is 0 Å². The molecule has 1 aliphatic carbocycles. The first-order valence-electron chi connectivity index (χ1n) is 6.78. The first kappa shape index (κ1) is 13.4. The van der Waals surface area contributed by atoms with Crippen molar-refractivity contribution >= 4 is 5.69 Å². The zero-order chi connectivity index (χ0) is 13.0. The first-order chi connectivity index (χ1) is 8.70. The van der Waals surface area contributed by atoms with Crippen molar-refractivity contribution in [3.8, 4) is 0 Å². The molecule has 1 saturated carbocycles. The van der Waals surface area contributed by atoms with Crippen LogP contribution in [0.25, 0.3) is 0 Å². The van der Waals surface area contributed by atoms with Gasteiger partial charge in [-0.05, 0) is 31.9 Å². The van der Waals surface area contributed by atoms with Gasteiger partial charge in [-0.3, -0.25) is 0 Å². The smallest absolute Gasteiger partial charge is 0.0813 e. The molecule has 1 aromatic rings. The average molecular weight is 248 g/mol. The van der Waals surface area contributed by atoms with Crippen LogP contribution in [0.4, 0.5) is 5.69 Å². The lowest BCUT2D eigenvalue weighted by Gasteiger charge is -2.44. The maximum atomic E-state index is 6.04. The molecule has 18 heavy (non-hydrogen) atoms. The van der Waals surface area contributed by atoms with E-state index in [1.54, 1.807) is 7.11 Å². The van der Waals surface area contributed by atoms with Gasteiger partial charge in [-0.1, -0.05) is 30.5 Å². The molecule has 0 aromatic heterocycles. The van der Waals surface area contributed by atoms with E-state index in [0.717, 1.165) is 18.5 Å². The second-order valence-corrected chi connectivity index (χ2v) is 5.32. The molecule has 1 aromatic carbocycles. The Hall–Kier alpha value is -1.06. The van der Waals surface area contributed by atoms with Crippen molar-refractivity contribution in [3.05, 3.63) is 29.8 Å². The quantitative estimate of drug-likeness (QED) is 0.861. The Kier molecular flexibility index (Phi) is 4.25. The molecule has 0 amide bonds. The molecule has 0 aliphatic heterocycles. The van der Waals surface area contributed by atoms with E-state index in [1.807, 2.05) is 0 Å². The van der Waals surface area contributed by atoms with E-state index in [2.05, 4.69) is 36.5 Å². The van der Waals surface area contributed by atoms with Gasteiger partial charge in [0, 0.05) is 19.3 Å². The summed E-state index contributed by atoms with van der Waals surface area (Å²) in [6.45, 7) is 2.71. The van der Waals surface area contributed by atoms with Gasteiger partial charge in [0.25, 0.3) is 0 Å². The van der Waals surface area contributed by atoms with Crippen LogP contribution < -0.4 is 11.1 Å². The topological polar surface area (TPSA) is 47.3 Å². The second-order valence-electron chi connectivity index (χ2n) is 5.32. The Labute approximate surface area is 110 Å². The number of hydrogen-bond acceptors (Lipinski definition) is 3. The van der Waals surface area contributed by atoms with E-state index >= 15 is 0 Å². The van der Waals surface area contributed by atoms with Crippen LogP contribution in [-0.4, -0.2) is 25.3 Å². The summed E-state index contributed by atoms with van der Waals surface area (Å²) >= 11 is 0. The minimum atomic E-state index is -0.109. The molecule has 100 valence electrons. The zero-order valence-electron chi connectivity index (χ0n) is 11.4. The molecule has 3 N–H and O–H groups in total. The molecule has 3 nitrogen and oxygen atoms in total. The number of rotatable bonds is 4. The predicted molar refractivity (Wildman–Crippen MR) is 75.9 cm³/mol. The average Bonchev–Trinajstić information content (AvgIpc) is 2.42. The fourth-order valence-corrected chi connectivity index (χ4v) is 2.90. The Balaban J connectivity index is 2.18. The van der Waals surface area contributed by atoms with Crippen molar-refractivity contribution in [3.63, 3.8) is 0 Å². The normalized spacial score (nSPS) is 28.1. The van der Waals surface area contributed by atoms with Crippen LogP contribution in [-0.2, 0) is 4.74 Å². The van der Waals surface area contributed by atoms with Gasteiger partial charge in [-0.15, -0.1) is 0 Å². The van der Waals surface area contributed by atoms with Crippen molar-refractivity contribution in [2.75, 3.05) is 19.0 Å². The van der Waals surface area contributed by atoms with Gasteiger partial charge in [0.2, 0.25) is 0 Å². The number of ether oxygens (including phenoxy) is 1. The van der Waals surface area contributed by atoms with E-state index in [1.165, 1.54) is 18.4 Å². The molecule has 1 fully saturated rings. The van der Waals surface area contributed by atoms with E-state index in [-0.39, 0.29) is 11.6 Å². The standard InChI is InChI=1S/C15H24N2O/c1-12-6-8-13(9-7-12)17-15(11-16)10-4-3-5-14(15)18-2/h6-9,14,17H,3-5,10-11,16H2,1-2H3. The van der Waals surface area contributed by atoms with Crippen LogP contribution in [0, 0.1) is 6.92 Å². The monoisotopic (exact) mass is 248 g/mol. The van der Waals surface area contributed by atoms with Gasteiger partial charge in [0.1, 0.15) is 0 Å². The van der Waals surface area contributed by atoms with E-state index in [4.69, 9.17) is 10.5 Å². The third-order valence-electron chi connectivity index (χ3n) is 4.05. The van der Waals surface area contributed by atoms with Crippen LogP contribution in [0.2, 0.25) is 0 Å². The highest BCUT2D eigenvalue weighted by Gasteiger charge is 2.39. The molecule has 3 heteroatoms. The van der Waals surface area contributed by atoms with Gasteiger partial charge in [-0.25, -0.2) is 0 Å². The van der Waals surface area contributed by atoms with Crippen molar-refractivity contribution in [2.24, 2.45) is 5.73 Å². The highest BCUT2D eigenvalue weighted by molar-refractivity contribution is 5.47. The Morgan fingerprint density at radius 1 is 1.33 bits per heavy atom. The lowest BCUT2D eigenvalue weighted by Crippen LogP contribution is -2.57. The van der Waals surface area contributed by atoms with Crippen LogP contribution in [0.3, 0.4) is 0 Å². The highest BCUT2D eigenvalue weighted by atomic mass is 16.5. The maximum Gasteiger partial charge on any atom is 0.0813 e. The van der Waals surface area contributed by atoms with E-state index in [0.29, 0.717) is 6.54 Å². The van der Waals surface area contributed by atoms with Crippen LogP contribution in [0.5, 0.6) is 0 Å². The molecule has 2 atom stereocenters. The van der Waals surface area contributed by atoms with Crippen molar-refractivity contribution in [1.82, 2.24) is 0 Å². The summed E-state index contributed by atoms with van der Waals surface area (Å²) < 4.78 is 5.65. The molecule has 1 aliphatic rings. The predicted octanol–water partition coefficient (Wildman–Crippen LogP) is 2.69. The van der Waals surface area contributed by atoms with Crippen LogP contribution in [0.1, 0.15) is 31.2 Å². The molecule has 2 rings (SSSR count). The van der Waals surface area contributed by atoms with Gasteiger partial charge in [0.05, 0.1) is 11.6 Å². The van der Waals surface area contributed by atoms with Crippen LogP contribution in [0.15, 0.2) is 24.3 Å². The minimum Gasteiger partial charge on any atom is -0.379 e. The summed E-state index contributed by atoms with van der Waals surface area (Å²) in [5.41, 5.74) is 8.34. The summed E-state index contributed by atoms with van der Waals surface area (Å²) in [6, 6.07) is 8.48. The lowest BCUT2D eigenvalue weighted by molar-refractivity contribution is 0.0190. The lowest BCUT2D eigenvalue weighted by atomic mass is 9.78. The summed E-state index contributed by atoms with van der Waals surface area (Å²) in [6.07, 6.45) is 4.83. The molecule has 2 unspecified atom stereocenters. The van der Waals surface area contributed by atoms with Crippen molar-refractivity contribution in [2.45, 2.75) is 44.2 Å². The Morgan fingerprint density at radius 2 is 2.06 bits per heavy atom. The fourth-order valence-electron chi connectivity index (χ4n) is 2.90. The summed E-state index contributed by atoms with van der Waals surface area (Å²) in [5, 5.41) is 3.62. The number of nitrogens with one attached hydrogen (secondary N) is 1. The van der Waals surface area contributed by atoms with Crippen molar-refractivity contribution in [1.29, 1.82) is 0 Å².